The lowest BCUT2D eigenvalue weighted by Gasteiger charge is -2.32. The molecule has 134 valence electrons. The minimum absolute atomic E-state index is 0.289. The van der Waals surface area contributed by atoms with E-state index in [2.05, 4.69) is 46.5 Å². The second-order valence-electron chi connectivity index (χ2n) is 6.95. The fraction of sp³-hybridized carbons (Fsp3) is 0.350. The van der Waals surface area contributed by atoms with Crippen LogP contribution in [0.15, 0.2) is 35.7 Å². The first-order valence-corrected chi connectivity index (χ1v) is 9.82. The first-order valence-electron chi connectivity index (χ1n) is 8.94. The molecule has 1 aromatic carbocycles. The fourth-order valence-corrected chi connectivity index (χ4v) is 4.35. The Hall–Kier alpha value is -2.15. The second kappa shape index (κ2) is 6.54. The summed E-state index contributed by atoms with van der Waals surface area (Å²) >= 11 is 1.74. The van der Waals surface area contributed by atoms with Gasteiger partial charge in [-0.1, -0.05) is 6.07 Å². The van der Waals surface area contributed by atoms with Gasteiger partial charge in [0.05, 0.1) is 16.1 Å². The topological polar surface area (TPSA) is 37.8 Å². The predicted molar refractivity (Wildman–Crippen MR) is 104 cm³/mol. The van der Waals surface area contributed by atoms with E-state index in [4.69, 9.17) is 14.5 Å². The molecule has 0 atom stereocenters. The molecular formula is C20H21N3O2S. The molecule has 4 heterocycles. The van der Waals surface area contributed by atoms with Crippen LogP contribution in [-0.2, 0) is 6.54 Å². The number of benzene rings is 1. The number of thiophene rings is 1. The Morgan fingerprint density at radius 3 is 2.65 bits per heavy atom. The van der Waals surface area contributed by atoms with E-state index >= 15 is 0 Å². The molecule has 2 aromatic heterocycles. The smallest absolute Gasteiger partial charge is 0.231 e. The van der Waals surface area contributed by atoms with Crippen molar-refractivity contribution in [2.45, 2.75) is 6.54 Å². The van der Waals surface area contributed by atoms with Crippen LogP contribution in [0, 0.1) is 0 Å². The summed E-state index contributed by atoms with van der Waals surface area (Å²) in [5.74, 6) is 1.60. The largest absolute Gasteiger partial charge is 0.454 e. The van der Waals surface area contributed by atoms with Gasteiger partial charge in [-0.25, -0.2) is 4.98 Å². The zero-order chi connectivity index (χ0) is 17.5. The number of rotatable bonds is 3. The van der Waals surface area contributed by atoms with E-state index in [1.54, 1.807) is 11.3 Å². The van der Waals surface area contributed by atoms with Crippen molar-refractivity contribution in [1.29, 1.82) is 0 Å². The van der Waals surface area contributed by atoms with Gasteiger partial charge >= 0.3 is 0 Å². The third-order valence-corrected chi connectivity index (χ3v) is 6.01. The van der Waals surface area contributed by atoms with E-state index in [1.165, 1.54) is 10.4 Å². The average molecular weight is 367 g/mol. The molecule has 0 radical (unpaired) electrons. The van der Waals surface area contributed by atoms with E-state index in [-0.39, 0.29) is 6.79 Å². The number of pyridine rings is 1. The van der Waals surface area contributed by atoms with Gasteiger partial charge in [0, 0.05) is 44.2 Å². The van der Waals surface area contributed by atoms with Crippen LogP contribution in [0.4, 0.5) is 0 Å². The van der Waals surface area contributed by atoms with Crippen molar-refractivity contribution in [3.8, 4) is 22.1 Å². The molecule has 3 aromatic rings. The number of ether oxygens (including phenoxy) is 2. The van der Waals surface area contributed by atoms with Crippen molar-refractivity contribution in [3.05, 3.63) is 41.3 Å². The summed E-state index contributed by atoms with van der Waals surface area (Å²) in [7, 11) is 2.19. The highest BCUT2D eigenvalue weighted by molar-refractivity contribution is 7.13. The van der Waals surface area contributed by atoms with Crippen LogP contribution in [0.5, 0.6) is 11.5 Å². The molecule has 26 heavy (non-hydrogen) atoms. The van der Waals surface area contributed by atoms with Crippen LogP contribution in [-0.4, -0.2) is 54.8 Å². The maximum atomic E-state index is 5.55. The third-order valence-electron chi connectivity index (χ3n) is 5.13. The van der Waals surface area contributed by atoms with Gasteiger partial charge in [0.1, 0.15) is 0 Å². The quantitative estimate of drug-likeness (QED) is 0.709. The molecule has 1 fully saturated rings. The van der Waals surface area contributed by atoms with Gasteiger partial charge in [0.2, 0.25) is 6.79 Å². The van der Waals surface area contributed by atoms with Crippen molar-refractivity contribution in [2.24, 2.45) is 0 Å². The summed E-state index contributed by atoms with van der Waals surface area (Å²) in [5.41, 5.74) is 3.33. The van der Waals surface area contributed by atoms with Crippen molar-refractivity contribution in [1.82, 2.24) is 14.8 Å². The number of aromatic nitrogens is 1. The number of hydrogen-bond acceptors (Lipinski definition) is 6. The van der Waals surface area contributed by atoms with Crippen molar-refractivity contribution >= 4 is 22.2 Å². The number of hydrogen-bond donors (Lipinski definition) is 0. The Balaban J connectivity index is 1.57. The zero-order valence-corrected chi connectivity index (χ0v) is 15.6. The normalized spacial score (nSPS) is 17.9. The molecule has 0 aliphatic carbocycles. The van der Waals surface area contributed by atoms with Gasteiger partial charge in [-0.3, -0.25) is 4.90 Å². The van der Waals surface area contributed by atoms with Crippen molar-refractivity contribution in [2.75, 3.05) is 40.0 Å². The molecule has 2 aliphatic heterocycles. The molecule has 0 bridgehead atoms. The maximum absolute atomic E-state index is 5.55. The highest BCUT2D eigenvalue weighted by Gasteiger charge is 2.20. The van der Waals surface area contributed by atoms with Gasteiger partial charge in [-0.05, 0) is 36.2 Å². The van der Waals surface area contributed by atoms with Gasteiger partial charge < -0.3 is 14.4 Å². The highest BCUT2D eigenvalue weighted by atomic mass is 32.1. The molecule has 1 saturated heterocycles. The molecule has 0 unspecified atom stereocenters. The number of likely N-dealkylation sites (N-methyl/N-ethyl adjacent to an activating group) is 1. The summed E-state index contributed by atoms with van der Waals surface area (Å²) in [6.07, 6.45) is 0. The summed E-state index contributed by atoms with van der Waals surface area (Å²) in [5, 5.41) is 3.22. The summed E-state index contributed by atoms with van der Waals surface area (Å²) in [6, 6.07) is 10.6. The molecule has 0 saturated carbocycles. The lowest BCUT2D eigenvalue weighted by molar-refractivity contribution is 0.148. The molecule has 6 heteroatoms. The lowest BCUT2D eigenvalue weighted by Crippen LogP contribution is -2.43. The van der Waals surface area contributed by atoms with Crippen LogP contribution in [0.25, 0.3) is 21.5 Å². The van der Waals surface area contributed by atoms with E-state index < -0.39 is 0 Å². The molecule has 2 aliphatic rings. The first-order chi connectivity index (χ1) is 12.8. The summed E-state index contributed by atoms with van der Waals surface area (Å²) < 4.78 is 11.1. The molecule has 0 amide bonds. The minimum atomic E-state index is 0.289. The number of fused-ring (bicyclic) bond motifs is 2. The van der Waals surface area contributed by atoms with E-state index in [0.29, 0.717) is 0 Å². The monoisotopic (exact) mass is 367 g/mol. The zero-order valence-electron chi connectivity index (χ0n) is 14.8. The van der Waals surface area contributed by atoms with Crippen LogP contribution >= 0.6 is 11.3 Å². The molecule has 5 rings (SSSR count). The average Bonchev–Trinajstić information content (AvgIpc) is 3.32. The Morgan fingerprint density at radius 1 is 1.08 bits per heavy atom. The lowest BCUT2D eigenvalue weighted by atomic mass is 10.1. The fourth-order valence-electron chi connectivity index (χ4n) is 3.60. The van der Waals surface area contributed by atoms with E-state index in [9.17, 15) is 0 Å². The van der Waals surface area contributed by atoms with Crippen LogP contribution < -0.4 is 9.47 Å². The predicted octanol–water partition coefficient (Wildman–Crippen LogP) is 3.44. The van der Waals surface area contributed by atoms with Crippen molar-refractivity contribution in [3.63, 3.8) is 0 Å². The van der Waals surface area contributed by atoms with E-state index in [0.717, 1.165) is 60.8 Å². The van der Waals surface area contributed by atoms with Crippen molar-refractivity contribution < 1.29 is 9.47 Å². The molecule has 5 nitrogen and oxygen atoms in total. The van der Waals surface area contributed by atoms with Gasteiger partial charge in [-0.15, -0.1) is 11.3 Å². The third kappa shape index (κ3) is 2.94. The van der Waals surface area contributed by atoms with Crippen LogP contribution in [0.1, 0.15) is 5.56 Å². The second-order valence-corrected chi connectivity index (χ2v) is 7.90. The highest BCUT2D eigenvalue weighted by Crippen LogP contribution is 2.38. The van der Waals surface area contributed by atoms with Gasteiger partial charge in [-0.2, -0.15) is 0 Å². The number of nitrogens with zero attached hydrogens (tertiary/aromatic N) is 3. The summed E-state index contributed by atoms with van der Waals surface area (Å²) in [4.78, 5) is 11.1. The Morgan fingerprint density at radius 2 is 1.88 bits per heavy atom. The van der Waals surface area contributed by atoms with Gasteiger partial charge in [0.25, 0.3) is 0 Å². The Kier molecular flexibility index (Phi) is 4.04. The van der Waals surface area contributed by atoms with E-state index in [1.807, 2.05) is 6.07 Å². The maximum Gasteiger partial charge on any atom is 0.231 e. The standard InChI is InChI=1S/C20H21N3O2S/c1-22-4-6-23(7-5-22)12-15-9-14-10-17-18(25-13-24-17)11-16(14)21-20(15)19-3-2-8-26-19/h2-3,8-11H,4-7,12-13H2,1H3. The molecular weight excluding hydrogens is 346 g/mol. The summed E-state index contributed by atoms with van der Waals surface area (Å²) in [6.45, 7) is 5.65. The Labute approximate surface area is 156 Å². The molecule has 0 N–H and O–H groups in total. The minimum Gasteiger partial charge on any atom is -0.454 e. The first kappa shape index (κ1) is 16.1. The SMILES string of the molecule is CN1CCN(Cc2cc3cc4c(cc3nc2-c2cccs2)OCO4)CC1. The number of piperazine rings is 1. The Bertz CT molecular complexity index is 934. The van der Waals surface area contributed by atoms with Crippen LogP contribution in [0.3, 0.4) is 0 Å². The van der Waals surface area contributed by atoms with Gasteiger partial charge in [0.15, 0.2) is 11.5 Å². The molecule has 0 spiro atoms. The van der Waals surface area contributed by atoms with Crippen LogP contribution in [0.2, 0.25) is 0 Å².